The summed E-state index contributed by atoms with van der Waals surface area (Å²) in [5, 5.41) is 19.6. The second-order valence-electron chi connectivity index (χ2n) is 4.57. The van der Waals surface area contributed by atoms with Gasteiger partial charge in [-0.05, 0) is 49.3 Å². The number of aliphatic hydroxyl groups is 2. The molecule has 0 fully saturated rings. The molecule has 1 heterocycles. The summed E-state index contributed by atoms with van der Waals surface area (Å²) in [7, 11) is 0. The number of hydrogen-bond donors (Lipinski definition) is 2. The van der Waals surface area contributed by atoms with Crippen molar-refractivity contribution >= 4 is 0 Å². The minimum atomic E-state index is -0.294. The highest BCUT2D eigenvalue weighted by molar-refractivity contribution is 5.16. The van der Waals surface area contributed by atoms with Gasteiger partial charge in [-0.2, -0.15) is 0 Å². The molecular weight excluding hydrogens is 214 g/mol. The lowest BCUT2D eigenvalue weighted by atomic mass is 9.87. The predicted octanol–water partition coefficient (Wildman–Crippen LogP) is 2.49. The third-order valence-electron chi connectivity index (χ3n) is 3.23. The molecule has 0 spiro atoms. The van der Waals surface area contributed by atoms with Gasteiger partial charge in [0.1, 0.15) is 0 Å². The molecule has 0 aliphatic rings. The molecule has 0 aliphatic heterocycles. The fourth-order valence-corrected chi connectivity index (χ4v) is 1.99. The highest BCUT2D eigenvalue weighted by Crippen LogP contribution is 2.27. The molecule has 1 unspecified atom stereocenters. The number of aliphatic hydroxyl groups excluding tert-OH is 2. The third kappa shape index (κ3) is 4.84. The third-order valence-corrected chi connectivity index (χ3v) is 3.23. The van der Waals surface area contributed by atoms with Crippen LogP contribution in [0.5, 0.6) is 0 Å². The Hall–Kier alpha value is -0.930. The Balaban J connectivity index is 2.72. The monoisotopic (exact) mass is 237 g/mol. The Morgan fingerprint density at radius 1 is 1.00 bits per heavy atom. The SMILES string of the molecule is CC[C@@H](O)CC(C[C@@H](O)CC)c1ccncc1. The van der Waals surface area contributed by atoms with Gasteiger partial charge in [0.2, 0.25) is 0 Å². The van der Waals surface area contributed by atoms with Crippen LogP contribution in [-0.4, -0.2) is 27.4 Å². The van der Waals surface area contributed by atoms with E-state index in [0.717, 1.165) is 18.4 Å². The van der Waals surface area contributed by atoms with Crippen LogP contribution < -0.4 is 0 Å². The number of nitrogens with zero attached hydrogens (tertiary/aromatic N) is 1. The van der Waals surface area contributed by atoms with Gasteiger partial charge in [-0.25, -0.2) is 0 Å². The van der Waals surface area contributed by atoms with Crippen molar-refractivity contribution in [1.29, 1.82) is 0 Å². The molecule has 0 saturated carbocycles. The van der Waals surface area contributed by atoms with Gasteiger partial charge in [-0.15, -0.1) is 0 Å². The fraction of sp³-hybridized carbons (Fsp3) is 0.643. The Kier molecular flexibility index (Phi) is 6.16. The lowest BCUT2D eigenvalue weighted by Crippen LogP contribution is -2.17. The van der Waals surface area contributed by atoms with E-state index in [1.807, 2.05) is 26.0 Å². The molecule has 96 valence electrons. The standard InChI is InChI=1S/C14H23NO2/c1-3-13(16)9-12(10-14(17)4-2)11-5-7-15-8-6-11/h5-8,12-14,16-17H,3-4,9-10H2,1-2H3/t12?,13-,14+. The number of aromatic nitrogens is 1. The van der Waals surface area contributed by atoms with Crippen molar-refractivity contribution < 1.29 is 10.2 Å². The molecule has 1 aromatic heterocycles. The first-order valence-electron chi connectivity index (χ1n) is 6.43. The molecule has 1 aromatic rings. The molecule has 3 nitrogen and oxygen atoms in total. The first-order chi connectivity index (χ1) is 8.17. The van der Waals surface area contributed by atoms with Gasteiger partial charge in [0.15, 0.2) is 0 Å². The first kappa shape index (κ1) is 14.1. The molecular formula is C14H23NO2. The van der Waals surface area contributed by atoms with Gasteiger partial charge in [-0.3, -0.25) is 4.98 Å². The van der Waals surface area contributed by atoms with Gasteiger partial charge < -0.3 is 10.2 Å². The predicted molar refractivity (Wildman–Crippen MR) is 68.8 cm³/mol. The van der Waals surface area contributed by atoms with Crippen molar-refractivity contribution in [1.82, 2.24) is 4.98 Å². The highest BCUT2D eigenvalue weighted by atomic mass is 16.3. The summed E-state index contributed by atoms with van der Waals surface area (Å²) >= 11 is 0. The van der Waals surface area contributed by atoms with Crippen molar-refractivity contribution in [2.24, 2.45) is 0 Å². The average Bonchev–Trinajstić information content (AvgIpc) is 2.38. The molecule has 0 saturated heterocycles. The Morgan fingerprint density at radius 3 is 1.88 bits per heavy atom. The van der Waals surface area contributed by atoms with E-state index in [1.165, 1.54) is 0 Å². The van der Waals surface area contributed by atoms with Crippen molar-refractivity contribution in [3.05, 3.63) is 30.1 Å². The Labute approximate surface area is 104 Å². The molecule has 3 atom stereocenters. The van der Waals surface area contributed by atoms with Crippen molar-refractivity contribution in [2.45, 2.75) is 57.7 Å². The molecule has 0 aliphatic carbocycles. The topological polar surface area (TPSA) is 53.4 Å². The molecule has 0 amide bonds. The van der Waals surface area contributed by atoms with Crippen molar-refractivity contribution in [3.8, 4) is 0 Å². The zero-order valence-corrected chi connectivity index (χ0v) is 10.7. The van der Waals surface area contributed by atoms with Gasteiger partial charge in [-0.1, -0.05) is 13.8 Å². The summed E-state index contributed by atoms with van der Waals surface area (Å²) in [6.07, 6.45) is 5.86. The number of hydrogen-bond acceptors (Lipinski definition) is 3. The summed E-state index contributed by atoms with van der Waals surface area (Å²) in [5.74, 6) is 0.211. The van der Waals surface area contributed by atoms with Gasteiger partial charge >= 0.3 is 0 Å². The minimum Gasteiger partial charge on any atom is -0.393 e. The van der Waals surface area contributed by atoms with Gasteiger partial charge in [0.25, 0.3) is 0 Å². The summed E-state index contributed by atoms with van der Waals surface area (Å²) in [4.78, 5) is 4.00. The van der Waals surface area contributed by atoms with Gasteiger partial charge in [0, 0.05) is 12.4 Å². The molecule has 0 radical (unpaired) electrons. The maximum Gasteiger partial charge on any atom is 0.0543 e. The van der Waals surface area contributed by atoms with Crippen LogP contribution in [-0.2, 0) is 0 Å². The smallest absolute Gasteiger partial charge is 0.0543 e. The van der Waals surface area contributed by atoms with Crippen molar-refractivity contribution in [3.63, 3.8) is 0 Å². The average molecular weight is 237 g/mol. The van der Waals surface area contributed by atoms with Crippen LogP contribution in [0.4, 0.5) is 0 Å². The van der Waals surface area contributed by atoms with E-state index in [0.29, 0.717) is 12.8 Å². The van der Waals surface area contributed by atoms with E-state index in [4.69, 9.17) is 0 Å². The van der Waals surface area contributed by atoms with Crippen LogP contribution in [0.3, 0.4) is 0 Å². The Bertz CT molecular complexity index is 290. The highest BCUT2D eigenvalue weighted by Gasteiger charge is 2.18. The van der Waals surface area contributed by atoms with Crippen LogP contribution in [0.25, 0.3) is 0 Å². The van der Waals surface area contributed by atoms with E-state index < -0.39 is 0 Å². The maximum atomic E-state index is 9.78. The van der Waals surface area contributed by atoms with E-state index >= 15 is 0 Å². The van der Waals surface area contributed by atoms with Crippen LogP contribution in [0, 0.1) is 0 Å². The quantitative estimate of drug-likeness (QED) is 0.766. The number of pyridine rings is 1. The first-order valence-corrected chi connectivity index (χ1v) is 6.43. The van der Waals surface area contributed by atoms with E-state index in [9.17, 15) is 10.2 Å². The fourth-order valence-electron chi connectivity index (χ4n) is 1.99. The molecule has 1 rings (SSSR count). The zero-order chi connectivity index (χ0) is 12.7. The lowest BCUT2D eigenvalue weighted by Gasteiger charge is -2.22. The van der Waals surface area contributed by atoms with Crippen molar-refractivity contribution in [2.75, 3.05) is 0 Å². The lowest BCUT2D eigenvalue weighted by molar-refractivity contribution is 0.118. The normalized spacial score (nSPS) is 16.5. The van der Waals surface area contributed by atoms with E-state index in [-0.39, 0.29) is 18.1 Å². The van der Waals surface area contributed by atoms with Crippen LogP contribution in [0.2, 0.25) is 0 Å². The molecule has 0 bridgehead atoms. The second-order valence-corrected chi connectivity index (χ2v) is 4.57. The van der Waals surface area contributed by atoms with Gasteiger partial charge in [0.05, 0.1) is 12.2 Å². The maximum absolute atomic E-state index is 9.78. The van der Waals surface area contributed by atoms with Crippen LogP contribution >= 0.6 is 0 Å². The van der Waals surface area contributed by atoms with E-state index in [2.05, 4.69) is 4.98 Å². The van der Waals surface area contributed by atoms with Crippen LogP contribution in [0.15, 0.2) is 24.5 Å². The molecule has 0 aromatic carbocycles. The second kappa shape index (κ2) is 7.41. The van der Waals surface area contributed by atoms with Crippen LogP contribution in [0.1, 0.15) is 51.0 Å². The van der Waals surface area contributed by atoms with E-state index in [1.54, 1.807) is 12.4 Å². The summed E-state index contributed by atoms with van der Waals surface area (Å²) in [6, 6.07) is 3.94. The largest absolute Gasteiger partial charge is 0.393 e. The minimum absolute atomic E-state index is 0.211. The number of rotatable bonds is 7. The summed E-state index contributed by atoms with van der Waals surface area (Å²) in [5.41, 5.74) is 1.15. The summed E-state index contributed by atoms with van der Waals surface area (Å²) in [6.45, 7) is 3.95. The molecule has 2 N–H and O–H groups in total. The molecule has 17 heavy (non-hydrogen) atoms. The summed E-state index contributed by atoms with van der Waals surface area (Å²) < 4.78 is 0. The Morgan fingerprint density at radius 2 is 1.47 bits per heavy atom. The zero-order valence-electron chi connectivity index (χ0n) is 10.7. The molecule has 3 heteroatoms.